The molecule has 1 amide bonds. The van der Waals surface area contributed by atoms with Crippen LogP contribution in [0.15, 0.2) is 67.7 Å². The van der Waals surface area contributed by atoms with Crippen molar-refractivity contribution >= 4 is 22.5 Å². The first-order valence-electron chi connectivity index (χ1n) is 12.6. The van der Waals surface area contributed by atoms with Gasteiger partial charge in [0.2, 0.25) is 0 Å². The molecule has 1 aliphatic carbocycles. The van der Waals surface area contributed by atoms with Crippen molar-refractivity contribution in [1.82, 2.24) is 25.2 Å². The smallest absolute Gasteiger partial charge is 0.355 e. The molecular weight excluding hydrogens is 493 g/mol. The zero-order chi connectivity index (χ0) is 27.0. The van der Waals surface area contributed by atoms with Crippen LogP contribution in [0.4, 0.5) is 18.9 Å². The molecule has 3 aromatic rings. The molecule has 2 fully saturated rings. The van der Waals surface area contributed by atoms with Crippen molar-refractivity contribution in [3.8, 4) is 0 Å². The van der Waals surface area contributed by atoms with Crippen molar-refractivity contribution in [2.75, 3.05) is 18.5 Å². The Morgan fingerprint density at radius 3 is 2.58 bits per heavy atom. The monoisotopic (exact) mass is 522 g/mol. The first-order valence-corrected chi connectivity index (χ1v) is 12.6. The summed E-state index contributed by atoms with van der Waals surface area (Å²) in [5.74, 6) is 0.919. The Bertz CT molecular complexity index is 1400. The van der Waals surface area contributed by atoms with E-state index in [1.807, 2.05) is 6.07 Å². The topological polar surface area (TPSA) is 74.2 Å². The van der Waals surface area contributed by atoms with Crippen LogP contribution in [0.2, 0.25) is 0 Å². The van der Waals surface area contributed by atoms with Gasteiger partial charge in [0.05, 0.1) is 35.2 Å². The molecule has 1 aromatic carbocycles. The molecule has 2 aliphatic rings. The summed E-state index contributed by atoms with van der Waals surface area (Å²) < 4.78 is 39.6. The summed E-state index contributed by atoms with van der Waals surface area (Å²) >= 11 is 0. The largest absolute Gasteiger partial charge is 0.417 e. The van der Waals surface area contributed by atoms with E-state index in [-0.39, 0.29) is 11.9 Å². The Kier molecular flexibility index (Phi) is 6.81. The van der Waals surface area contributed by atoms with Gasteiger partial charge in [0, 0.05) is 35.9 Å². The molecule has 3 heterocycles. The van der Waals surface area contributed by atoms with E-state index in [0.717, 1.165) is 66.7 Å². The average Bonchev–Trinajstić information content (AvgIpc) is 3.21. The fraction of sp³-hybridized carbons (Fsp3) is 0.357. The van der Waals surface area contributed by atoms with Gasteiger partial charge in [-0.3, -0.25) is 9.78 Å². The highest BCUT2D eigenvalue weighted by Gasteiger charge is 2.37. The molecular formula is C28H29F3N6O. The minimum atomic E-state index is -4.46. The van der Waals surface area contributed by atoms with Crippen LogP contribution >= 0.6 is 0 Å². The number of nitrogens with one attached hydrogen (secondary N) is 1. The lowest BCUT2D eigenvalue weighted by atomic mass is 9.82. The van der Waals surface area contributed by atoms with Crippen molar-refractivity contribution in [2.24, 2.45) is 5.92 Å². The molecule has 1 saturated heterocycles. The molecule has 0 radical (unpaired) electrons. The highest BCUT2D eigenvalue weighted by molar-refractivity contribution is 5.97. The number of fused-ring (bicyclic) bond motifs is 1. The minimum absolute atomic E-state index is 0.154. The van der Waals surface area contributed by atoms with Crippen LogP contribution in [0.5, 0.6) is 0 Å². The maximum Gasteiger partial charge on any atom is 0.417 e. The van der Waals surface area contributed by atoms with Gasteiger partial charge in [-0.1, -0.05) is 19.2 Å². The van der Waals surface area contributed by atoms with E-state index in [0.29, 0.717) is 29.5 Å². The van der Waals surface area contributed by atoms with Gasteiger partial charge in [-0.2, -0.15) is 13.2 Å². The van der Waals surface area contributed by atoms with E-state index in [4.69, 9.17) is 0 Å². The average molecular weight is 523 g/mol. The fourth-order valence-corrected chi connectivity index (χ4v) is 5.54. The van der Waals surface area contributed by atoms with Crippen LogP contribution < -0.4 is 10.2 Å². The van der Waals surface area contributed by atoms with Gasteiger partial charge >= 0.3 is 6.18 Å². The van der Waals surface area contributed by atoms with Gasteiger partial charge in [-0.15, -0.1) is 0 Å². The highest BCUT2D eigenvalue weighted by atomic mass is 19.4. The van der Waals surface area contributed by atoms with Crippen molar-refractivity contribution < 1.29 is 18.0 Å². The van der Waals surface area contributed by atoms with Gasteiger partial charge in [0.1, 0.15) is 12.1 Å². The van der Waals surface area contributed by atoms with Crippen molar-refractivity contribution in [2.45, 2.75) is 44.3 Å². The Morgan fingerprint density at radius 1 is 1.11 bits per heavy atom. The van der Waals surface area contributed by atoms with E-state index in [9.17, 15) is 18.0 Å². The zero-order valence-electron chi connectivity index (χ0n) is 21.1. The second-order valence-electron chi connectivity index (χ2n) is 9.88. The molecule has 0 atom stereocenters. The number of halogens is 3. The van der Waals surface area contributed by atoms with Crippen LogP contribution in [0.3, 0.4) is 0 Å². The number of amides is 1. The number of benzene rings is 1. The quantitative estimate of drug-likeness (QED) is 0.490. The summed E-state index contributed by atoms with van der Waals surface area (Å²) in [4.78, 5) is 28.5. The number of nitrogens with zero attached hydrogens (tertiary/aromatic N) is 5. The SMILES string of the molecule is C=C1CN(c2cncc(C(F)(F)F)c2)C(=C)N1C1CCC(Cc2ncnc3cc(C(=O)NC)ccc23)CC1. The van der Waals surface area contributed by atoms with E-state index < -0.39 is 11.7 Å². The van der Waals surface area contributed by atoms with E-state index in [2.05, 4.69) is 38.3 Å². The minimum Gasteiger partial charge on any atom is -0.355 e. The predicted molar refractivity (Wildman–Crippen MR) is 139 cm³/mol. The molecule has 1 aliphatic heterocycles. The van der Waals surface area contributed by atoms with Crippen LogP contribution in [0.25, 0.3) is 10.9 Å². The molecule has 38 heavy (non-hydrogen) atoms. The first kappa shape index (κ1) is 25.7. The number of hydrogen-bond acceptors (Lipinski definition) is 6. The number of aromatic nitrogens is 3. The highest BCUT2D eigenvalue weighted by Crippen LogP contribution is 2.39. The van der Waals surface area contributed by atoms with Crippen LogP contribution in [-0.2, 0) is 12.6 Å². The number of rotatable bonds is 5. The molecule has 1 N–H and O–H groups in total. The number of pyridine rings is 1. The third-order valence-corrected chi connectivity index (χ3v) is 7.51. The van der Waals surface area contributed by atoms with Crippen LogP contribution in [-0.4, -0.2) is 45.4 Å². The summed E-state index contributed by atoms with van der Waals surface area (Å²) in [6, 6.07) is 6.78. The standard InChI is InChI=1S/C28H29F3N6O/c1-17-15-36(23-12-21(13-33-14-23)28(29,30)31)18(2)37(17)22-7-4-19(5-8-22)10-25-24-9-6-20(27(38)32-3)11-26(24)35-16-34-25/h6,9,11-14,16,19,22H,1-2,4-5,7-8,10,15H2,3H3,(H,32,38). The van der Waals surface area contributed by atoms with E-state index >= 15 is 0 Å². The summed E-state index contributed by atoms with van der Waals surface area (Å²) in [6.45, 7) is 8.77. The fourth-order valence-electron chi connectivity index (χ4n) is 5.54. The molecule has 1 saturated carbocycles. The van der Waals surface area contributed by atoms with E-state index in [1.165, 1.54) is 6.20 Å². The maximum atomic E-state index is 13.2. The van der Waals surface area contributed by atoms with Gasteiger partial charge in [0.25, 0.3) is 5.91 Å². The van der Waals surface area contributed by atoms with Crippen molar-refractivity contribution in [3.63, 3.8) is 0 Å². The summed E-state index contributed by atoms with van der Waals surface area (Å²) in [7, 11) is 1.60. The number of carbonyl (C=O) groups is 1. The zero-order valence-corrected chi connectivity index (χ0v) is 21.1. The Hall–Kier alpha value is -3.95. The molecule has 2 aromatic heterocycles. The van der Waals surface area contributed by atoms with Crippen LogP contribution in [0.1, 0.15) is 47.3 Å². The number of hydrogen-bond donors (Lipinski definition) is 1. The second-order valence-corrected chi connectivity index (χ2v) is 9.88. The molecule has 5 rings (SSSR count). The number of anilines is 1. The van der Waals surface area contributed by atoms with Crippen molar-refractivity contribution in [1.29, 1.82) is 0 Å². The first-order chi connectivity index (χ1) is 18.2. The summed E-state index contributed by atoms with van der Waals surface area (Å²) in [6.07, 6.45) is 3.96. The molecule has 0 spiro atoms. The second kappa shape index (κ2) is 10.1. The van der Waals surface area contributed by atoms with Crippen molar-refractivity contribution in [3.05, 3.63) is 84.5 Å². The van der Waals surface area contributed by atoms with Gasteiger partial charge < -0.3 is 15.1 Å². The molecule has 0 unspecified atom stereocenters. The molecule has 198 valence electrons. The molecule has 0 bridgehead atoms. The number of alkyl halides is 3. The molecule has 10 heteroatoms. The normalized spacial score (nSPS) is 20.3. The third-order valence-electron chi connectivity index (χ3n) is 7.51. The van der Waals surface area contributed by atoms with Gasteiger partial charge in [-0.05, 0) is 56.2 Å². The molecule has 7 nitrogen and oxygen atoms in total. The predicted octanol–water partition coefficient (Wildman–Crippen LogP) is 5.31. The Morgan fingerprint density at radius 2 is 1.87 bits per heavy atom. The summed E-state index contributed by atoms with van der Waals surface area (Å²) in [5.41, 5.74) is 2.68. The maximum absolute atomic E-state index is 13.2. The Labute approximate surface area is 219 Å². The van der Waals surface area contributed by atoms with E-state index in [1.54, 1.807) is 30.4 Å². The lowest BCUT2D eigenvalue weighted by molar-refractivity contribution is -0.137. The Balaban J connectivity index is 1.25. The third kappa shape index (κ3) is 4.94. The summed E-state index contributed by atoms with van der Waals surface area (Å²) in [5, 5.41) is 3.58. The van der Waals surface area contributed by atoms with Gasteiger partial charge in [0.15, 0.2) is 0 Å². The number of carbonyl (C=O) groups excluding carboxylic acids is 1. The lowest BCUT2D eigenvalue weighted by Crippen LogP contribution is -2.35. The van der Waals surface area contributed by atoms with Crippen LogP contribution in [0, 0.1) is 5.92 Å². The van der Waals surface area contributed by atoms with Gasteiger partial charge in [-0.25, -0.2) is 9.97 Å². The lowest BCUT2D eigenvalue weighted by Gasteiger charge is -2.37.